The molecule has 14 heteroatoms. The van der Waals surface area contributed by atoms with E-state index in [4.69, 9.17) is 28.4 Å². The van der Waals surface area contributed by atoms with E-state index in [1.54, 1.807) is 45.0 Å². The molecule has 1 amide bonds. The van der Waals surface area contributed by atoms with Gasteiger partial charge in [0.25, 0.3) is 12.4 Å². The SMILES string of the molecule is COCOc1c(OC)c(C)cc2c1[C@@H]1C3[C@H](SC[C@@H](C)NC(=O)c4ccccc4)c4c(O)c(C)c5c(c4[C@H](COC=O)N3[C@@H](C#N)[C@H](C2)N1C)OCO5. The van der Waals surface area contributed by atoms with Crippen LogP contribution in [-0.2, 0) is 20.7 Å². The van der Waals surface area contributed by atoms with Gasteiger partial charge in [0.2, 0.25) is 6.79 Å². The number of methoxy groups -OCH3 is 2. The lowest BCUT2D eigenvalue weighted by Gasteiger charge is -2.61. The van der Waals surface area contributed by atoms with Crippen LogP contribution >= 0.6 is 11.8 Å². The number of aryl methyl sites for hydroxylation is 1. The van der Waals surface area contributed by atoms with Crippen LogP contribution in [0, 0.1) is 25.2 Å². The third-order valence-electron chi connectivity index (χ3n) is 10.9. The third kappa shape index (κ3) is 6.09. The molecule has 1 saturated heterocycles. The average molecular weight is 745 g/mol. The number of piperazine rings is 1. The summed E-state index contributed by atoms with van der Waals surface area (Å²) in [5, 5.41) is 25.9. The zero-order valence-corrected chi connectivity index (χ0v) is 31.4. The molecule has 7 rings (SSSR count). The number of fused-ring (bicyclic) bond motifs is 9. The number of thioether (sulfide) groups is 1. The first kappa shape index (κ1) is 36.7. The molecule has 0 aliphatic carbocycles. The van der Waals surface area contributed by atoms with Crippen LogP contribution in [0.3, 0.4) is 0 Å². The molecule has 1 fully saturated rings. The summed E-state index contributed by atoms with van der Waals surface area (Å²) in [6, 6.07) is 11.0. The van der Waals surface area contributed by atoms with Crippen LogP contribution in [0.1, 0.15) is 68.0 Å². The minimum Gasteiger partial charge on any atom is -0.507 e. The first-order valence-electron chi connectivity index (χ1n) is 17.5. The minimum absolute atomic E-state index is 0.0137. The maximum Gasteiger partial charge on any atom is 0.293 e. The van der Waals surface area contributed by atoms with Gasteiger partial charge in [-0.05, 0) is 57.5 Å². The van der Waals surface area contributed by atoms with Crippen LogP contribution in [0.4, 0.5) is 0 Å². The molecule has 0 spiro atoms. The van der Waals surface area contributed by atoms with Crippen molar-refractivity contribution in [3.63, 3.8) is 0 Å². The van der Waals surface area contributed by atoms with Crippen molar-refractivity contribution >= 4 is 24.1 Å². The molecule has 13 nitrogen and oxygen atoms in total. The quantitative estimate of drug-likeness (QED) is 0.195. The fourth-order valence-corrected chi connectivity index (χ4v) is 10.2. The second-order valence-electron chi connectivity index (χ2n) is 13.9. The predicted octanol–water partition coefficient (Wildman–Crippen LogP) is 4.72. The van der Waals surface area contributed by atoms with E-state index in [9.17, 15) is 20.0 Å². The van der Waals surface area contributed by atoms with Gasteiger partial charge in [0.15, 0.2) is 29.8 Å². The number of phenolic OH excluding ortho intramolecular Hbond substituents is 1. The summed E-state index contributed by atoms with van der Waals surface area (Å²) in [6.07, 6.45) is 0.545. The predicted molar refractivity (Wildman–Crippen MR) is 196 cm³/mol. The van der Waals surface area contributed by atoms with Gasteiger partial charge < -0.3 is 38.8 Å². The van der Waals surface area contributed by atoms with Crippen LogP contribution in [-0.4, -0.2) is 98.7 Å². The Bertz CT molecular complexity index is 1940. The Morgan fingerprint density at radius 1 is 1.15 bits per heavy atom. The monoisotopic (exact) mass is 744 g/mol. The number of amides is 1. The number of hydrogen-bond donors (Lipinski definition) is 2. The number of nitriles is 1. The molecular formula is C39H44N4O9S. The molecule has 53 heavy (non-hydrogen) atoms. The Hall–Kier alpha value is -4.68. The zero-order valence-electron chi connectivity index (χ0n) is 30.6. The van der Waals surface area contributed by atoms with Crippen molar-refractivity contribution in [3.05, 3.63) is 75.3 Å². The van der Waals surface area contributed by atoms with Crippen LogP contribution in [0.2, 0.25) is 0 Å². The molecule has 3 aromatic rings. The van der Waals surface area contributed by atoms with Crippen LogP contribution < -0.4 is 24.3 Å². The fraction of sp³-hybridized carbons (Fsp3) is 0.462. The smallest absolute Gasteiger partial charge is 0.293 e. The molecule has 2 N–H and O–H groups in total. The highest BCUT2D eigenvalue weighted by atomic mass is 32.2. The molecule has 0 aromatic heterocycles. The van der Waals surface area contributed by atoms with Crippen molar-refractivity contribution in [2.45, 2.75) is 68.7 Å². The molecule has 4 aliphatic heterocycles. The van der Waals surface area contributed by atoms with Crippen LogP contribution in [0.5, 0.6) is 28.7 Å². The van der Waals surface area contributed by atoms with Gasteiger partial charge >= 0.3 is 0 Å². The van der Waals surface area contributed by atoms with Gasteiger partial charge in [0.1, 0.15) is 18.4 Å². The molecule has 4 heterocycles. The van der Waals surface area contributed by atoms with E-state index >= 15 is 0 Å². The number of nitrogens with zero attached hydrogens (tertiary/aromatic N) is 3. The van der Waals surface area contributed by atoms with Crippen molar-refractivity contribution in [1.82, 2.24) is 15.1 Å². The number of carbonyl (C=O) groups excluding carboxylic acids is 2. The van der Waals surface area contributed by atoms with E-state index in [2.05, 4.69) is 27.3 Å². The Balaban J connectivity index is 1.43. The summed E-state index contributed by atoms with van der Waals surface area (Å²) in [4.78, 5) is 29.4. The Morgan fingerprint density at radius 2 is 1.91 bits per heavy atom. The lowest BCUT2D eigenvalue weighted by Crippen LogP contribution is -2.69. The molecule has 7 atom stereocenters. The van der Waals surface area contributed by atoms with Crippen molar-refractivity contribution in [2.75, 3.05) is 47.2 Å². The standard InChI is InChI=1S/C39H44N4O9S/c1-20-12-24-13-25-26(14-40)43-27(15-49-17-44)29-30(33(45)22(3)35-37(29)52-19-51-35)38(53-16-21(2)41-39(46)23-10-8-7-9-11-23)32(43)31(42(25)4)28(24)36(34(20)48-6)50-18-47-5/h7-12,17,21,25-27,31-32,38,45H,13,15-16,18-19H2,1-6H3,(H,41,46)/t21-,25+,26+,27+,31-,32?,38-/m1/s1. The van der Waals surface area contributed by atoms with Gasteiger partial charge in [-0.15, -0.1) is 11.8 Å². The average Bonchev–Trinajstić information content (AvgIpc) is 3.65. The van der Waals surface area contributed by atoms with Gasteiger partial charge in [-0.25, -0.2) is 0 Å². The summed E-state index contributed by atoms with van der Waals surface area (Å²) in [5.41, 5.74) is 5.16. The fourth-order valence-electron chi connectivity index (χ4n) is 8.73. The van der Waals surface area contributed by atoms with Crippen molar-refractivity contribution in [1.29, 1.82) is 5.26 Å². The summed E-state index contributed by atoms with van der Waals surface area (Å²) in [6.45, 7) is 5.96. The normalized spacial score (nSPS) is 24.5. The van der Waals surface area contributed by atoms with Gasteiger partial charge in [-0.3, -0.25) is 19.4 Å². The number of hydrogen-bond acceptors (Lipinski definition) is 13. The van der Waals surface area contributed by atoms with E-state index in [1.807, 2.05) is 39.1 Å². The summed E-state index contributed by atoms with van der Waals surface area (Å²) < 4.78 is 35.2. The lowest BCUT2D eigenvalue weighted by molar-refractivity contribution is -0.134. The lowest BCUT2D eigenvalue weighted by atomic mass is 9.71. The Morgan fingerprint density at radius 3 is 2.60 bits per heavy atom. The first-order chi connectivity index (χ1) is 25.7. The van der Waals surface area contributed by atoms with Gasteiger partial charge in [0.05, 0.1) is 30.5 Å². The van der Waals surface area contributed by atoms with Gasteiger partial charge in [0, 0.05) is 58.8 Å². The molecule has 280 valence electrons. The molecular weight excluding hydrogens is 701 g/mol. The third-order valence-corrected chi connectivity index (χ3v) is 12.5. The molecule has 3 aromatic carbocycles. The number of ether oxygens (including phenoxy) is 6. The van der Waals surface area contributed by atoms with E-state index in [-0.39, 0.29) is 43.9 Å². The van der Waals surface area contributed by atoms with Gasteiger partial charge in [-0.2, -0.15) is 5.26 Å². The molecule has 0 radical (unpaired) electrons. The van der Waals surface area contributed by atoms with Crippen molar-refractivity contribution in [2.24, 2.45) is 0 Å². The first-order valence-corrected chi connectivity index (χ1v) is 18.6. The Kier molecular flexibility index (Phi) is 10.4. The van der Waals surface area contributed by atoms with E-state index in [1.165, 1.54) is 0 Å². The number of rotatable bonds is 12. The van der Waals surface area contributed by atoms with E-state index < -0.39 is 29.4 Å². The van der Waals surface area contributed by atoms with E-state index in [0.717, 1.165) is 16.7 Å². The molecule has 1 unspecified atom stereocenters. The maximum absolute atomic E-state index is 13.2. The number of likely N-dealkylation sites (N-methyl/N-ethyl adjacent to an activating group) is 1. The summed E-state index contributed by atoms with van der Waals surface area (Å²) in [7, 11) is 5.19. The highest BCUT2D eigenvalue weighted by molar-refractivity contribution is 7.99. The maximum atomic E-state index is 13.2. The topological polar surface area (TPSA) is 152 Å². The minimum atomic E-state index is -0.671. The highest BCUT2D eigenvalue weighted by Gasteiger charge is 2.60. The molecule has 2 bridgehead atoms. The highest BCUT2D eigenvalue weighted by Crippen LogP contribution is 2.63. The summed E-state index contributed by atoms with van der Waals surface area (Å²) in [5.74, 6) is 2.35. The van der Waals surface area contributed by atoms with E-state index in [0.29, 0.717) is 63.9 Å². The molecule has 4 aliphatic rings. The van der Waals surface area contributed by atoms with Gasteiger partial charge in [-0.1, -0.05) is 24.3 Å². The summed E-state index contributed by atoms with van der Waals surface area (Å²) >= 11 is 1.58. The van der Waals surface area contributed by atoms with Crippen molar-refractivity contribution in [3.8, 4) is 34.8 Å². The second-order valence-corrected chi connectivity index (χ2v) is 15.1. The van der Waals surface area contributed by atoms with Crippen LogP contribution in [0.15, 0.2) is 36.4 Å². The molecule has 0 saturated carbocycles. The number of nitrogens with one attached hydrogen (secondary N) is 1. The number of benzene rings is 3. The Labute approximate surface area is 313 Å². The number of carbonyl (C=O) groups is 2. The largest absolute Gasteiger partial charge is 0.507 e. The number of aromatic hydroxyl groups is 1. The zero-order chi connectivity index (χ0) is 37.6. The second kappa shape index (κ2) is 15.0. The van der Waals surface area contributed by atoms with Crippen LogP contribution in [0.25, 0.3) is 0 Å². The van der Waals surface area contributed by atoms with Crippen molar-refractivity contribution < 1.29 is 43.1 Å². The number of phenols is 1.